The van der Waals surface area contributed by atoms with Crippen molar-refractivity contribution in [2.75, 3.05) is 6.61 Å². The maximum Gasteiger partial charge on any atom is 0.338 e. The number of fused-ring (bicyclic) bond motifs is 5. The van der Waals surface area contributed by atoms with Gasteiger partial charge in [0.05, 0.1) is 6.61 Å². The van der Waals surface area contributed by atoms with Gasteiger partial charge >= 0.3 is 5.97 Å². The lowest BCUT2D eigenvalue weighted by molar-refractivity contribution is -0.168. The van der Waals surface area contributed by atoms with Crippen LogP contribution in [0.25, 0.3) is 0 Å². The molecule has 0 aromatic rings. The summed E-state index contributed by atoms with van der Waals surface area (Å²) in [6, 6.07) is 0. The number of aliphatic hydroxyl groups is 3. The van der Waals surface area contributed by atoms with Crippen LogP contribution in [-0.2, 0) is 9.53 Å². The fraction of sp³-hybridized carbons (Fsp3) is 0.906. The summed E-state index contributed by atoms with van der Waals surface area (Å²) in [6.45, 7) is 13.1. The number of rotatable bonds is 9. The third kappa shape index (κ3) is 6.30. The zero-order chi connectivity index (χ0) is 27.4. The Morgan fingerprint density at radius 3 is 2.46 bits per heavy atom. The predicted molar refractivity (Wildman–Crippen MR) is 149 cm³/mol. The maximum absolute atomic E-state index is 12.2. The van der Waals surface area contributed by atoms with Crippen molar-refractivity contribution < 1.29 is 24.9 Å². The van der Waals surface area contributed by atoms with Crippen molar-refractivity contribution in [2.45, 2.75) is 137 Å². The number of hydrogen-bond donors (Lipinski definition) is 3. The number of aliphatic hydroxyl groups excluding tert-OH is 3. The Bertz CT molecular complexity index is 777. The Kier molecular flexibility index (Phi) is 10.7. The second-order valence-electron chi connectivity index (χ2n) is 13.3. The van der Waals surface area contributed by atoms with Gasteiger partial charge in [-0.3, -0.25) is 0 Å². The molecule has 4 rings (SSSR count). The third-order valence-corrected chi connectivity index (χ3v) is 10.9. The molecule has 9 atom stereocenters. The number of ether oxygens (including phenoxy) is 1. The van der Waals surface area contributed by atoms with Crippen LogP contribution in [-0.4, -0.2) is 46.2 Å². The largest absolute Gasteiger partial charge is 0.460 e. The van der Waals surface area contributed by atoms with Crippen LogP contribution < -0.4 is 0 Å². The Morgan fingerprint density at radius 1 is 1.05 bits per heavy atom. The summed E-state index contributed by atoms with van der Waals surface area (Å²) >= 11 is 0. The summed E-state index contributed by atoms with van der Waals surface area (Å²) in [7, 11) is 0. The summed E-state index contributed by atoms with van der Waals surface area (Å²) in [5.41, 5.74) is 2.13. The highest BCUT2D eigenvalue weighted by atomic mass is 16.6. The minimum Gasteiger partial charge on any atom is -0.460 e. The molecule has 0 amide bonds. The van der Waals surface area contributed by atoms with Gasteiger partial charge in [0.1, 0.15) is 12.2 Å². The van der Waals surface area contributed by atoms with E-state index in [1.807, 2.05) is 13.8 Å². The summed E-state index contributed by atoms with van der Waals surface area (Å²) in [4.78, 5) is 12.2. The fourth-order valence-corrected chi connectivity index (χ4v) is 8.75. The molecule has 0 heterocycles. The van der Waals surface area contributed by atoms with E-state index < -0.39 is 24.8 Å². The second kappa shape index (κ2) is 13.0. The van der Waals surface area contributed by atoms with Crippen molar-refractivity contribution >= 4 is 5.97 Å². The van der Waals surface area contributed by atoms with Gasteiger partial charge in [0.2, 0.25) is 0 Å². The lowest BCUT2D eigenvalue weighted by atomic mass is 9.47. The minimum absolute atomic E-state index is 0.186. The molecule has 0 spiro atoms. The first-order chi connectivity index (χ1) is 17.6. The molecule has 3 fully saturated rings. The van der Waals surface area contributed by atoms with Crippen molar-refractivity contribution in [3.05, 3.63) is 11.6 Å². The lowest BCUT2D eigenvalue weighted by Gasteiger charge is -2.58. The number of allylic oxidation sites excluding steroid dienone is 1. The Morgan fingerprint density at radius 2 is 1.78 bits per heavy atom. The van der Waals surface area contributed by atoms with E-state index in [0.29, 0.717) is 5.41 Å². The average molecular weight is 521 g/mol. The average Bonchev–Trinajstić information content (AvgIpc) is 3.23. The Balaban J connectivity index is 0.00000186. The molecule has 5 heteroatoms. The highest BCUT2D eigenvalue weighted by Gasteiger charge is 2.58. The Labute approximate surface area is 226 Å². The minimum atomic E-state index is -1.69. The van der Waals surface area contributed by atoms with Crippen LogP contribution in [0.5, 0.6) is 0 Å². The molecule has 214 valence electrons. The van der Waals surface area contributed by atoms with E-state index in [9.17, 15) is 15.0 Å². The fourth-order valence-electron chi connectivity index (χ4n) is 8.75. The number of carbonyl (C=O) groups is 1. The van der Waals surface area contributed by atoms with E-state index >= 15 is 0 Å². The monoisotopic (exact) mass is 520 g/mol. The van der Waals surface area contributed by atoms with E-state index in [-0.39, 0.29) is 11.5 Å². The lowest BCUT2D eigenvalue weighted by Crippen LogP contribution is -2.50. The molecule has 4 aliphatic carbocycles. The molecule has 0 radical (unpaired) electrons. The van der Waals surface area contributed by atoms with Crippen LogP contribution in [0.4, 0.5) is 0 Å². The molecule has 5 nitrogen and oxygen atoms in total. The molecule has 3 N–H and O–H groups in total. The molecular formula is C32H56O5. The highest BCUT2D eigenvalue weighted by Crippen LogP contribution is 2.66. The second-order valence-corrected chi connectivity index (χ2v) is 13.3. The molecule has 3 saturated carbocycles. The summed E-state index contributed by atoms with van der Waals surface area (Å²) in [5, 5.41) is 28.5. The Hall–Kier alpha value is -0.910. The van der Waals surface area contributed by atoms with Gasteiger partial charge in [-0.05, 0) is 91.8 Å². The van der Waals surface area contributed by atoms with E-state index in [2.05, 4.69) is 33.8 Å². The van der Waals surface area contributed by atoms with Gasteiger partial charge in [-0.2, -0.15) is 0 Å². The van der Waals surface area contributed by atoms with E-state index in [1.165, 1.54) is 56.9 Å². The molecule has 4 aliphatic rings. The van der Waals surface area contributed by atoms with Gasteiger partial charge in [0.15, 0.2) is 6.10 Å². The zero-order valence-electron chi connectivity index (χ0n) is 24.5. The number of hydrogen-bond acceptors (Lipinski definition) is 5. The van der Waals surface area contributed by atoms with Crippen LogP contribution in [0.1, 0.15) is 119 Å². The van der Waals surface area contributed by atoms with Gasteiger partial charge in [-0.25, -0.2) is 4.79 Å². The van der Waals surface area contributed by atoms with Crippen LogP contribution in [0.2, 0.25) is 0 Å². The number of carbonyl (C=O) groups excluding carboxylic acids is 1. The third-order valence-electron chi connectivity index (χ3n) is 10.9. The van der Waals surface area contributed by atoms with Crippen LogP contribution in [0.15, 0.2) is 11.6 Å². The van der Waals surface area contributed by atoms with E-state index in [0.717, 1.165) is 55.3 Å². The zero-order valence-corrected chi connectivity index (χ0v) is 24.5. The quantitative estimate of drug-likeness (QED) is 0.185. The van der Waals surface area contributed by atoms with Crippen molar-refractivity contribution in [2.24, 2.45) is 40.4 Å². The van der Waals surface area contributed by atoms with Gasteiger partial charge in [-0.1, -0.05) is 72.5 Å². The maximum atomic E-state index is 12.2. The normalized spacial score (nSPS) is 38.3. The first-order valence-electron chi connectivity index (χ1n) is 15.5. The smallest absolute Gasteiger partial charge is 0.338 e. The highest BCUT2D eigenvalue weighted by molar-refractivity contribution is 5.75. The molecule has 37 heavy (non-hydrogen) atoms. The van der Waals surface area contributed by atoms with Crippen molar-refractivity contribution in [3.8, 4) is 0 Å². The molecule has 9 unspecified atom stereocenters. The van der Waals surface area contributed by atoms with Crippen molar-refractivity contribution in [1.29, 1.82) is 0 Å². The summed E-state index contributed by atoms with van der Waals surface area (Å²) < 4.78 is 5.57. The van der Waals surface area contributed by atoms with Crippen LogP contribution in [0, 0.1) is 40.4 Å². The molecular weight excluding hydrogens is 464 g/mol. The predicted octanol–water partition coefficient (Wildman–Crippen LogP) is 6.43. The summed E-state index contributed by atoms with van der Waals surface area (Å²) in [6.07, 6.45) is 13.8. The molecule has 0 saturated heterocycles. The number of unbranched alkanes of at least 4 members (excludes halogenated alkanes) is 1. The topological polar surface area (TPSA) is 87.0 Å². The standard InChI is InChI=1S/C30H50O5.C2H6/c1-19(2)7-5-6-8-20-10-12-24-23-11-9-21-17-22(35-28(34)27(33)26(32)18-31)13-15-30(21,4)25(23)14-16-29(20,24)3;1-2/h9,19-20,22-27,31-33H,5-8,10-18H2,1-4H3;1-2H3. The van der Waals surface area contributed by atoms with Gasteiger partial charge in [0.25, 0.3) is 0 Å². The first-order valence-corrected chi connectivity index (χ1v) is 15.5. The van der Waals surface area contributed by atoms with Crippen molar-refractivity contribution in [1.82, 2.24) is 0 Å². The van der Waals surface area contributed by atoms with Gasteiger partial charge in [0, 0.05) is 6.42 Å². The SMILES string of the molecule is CC.CC(C)CCCCC1CCC2C3CC=C4CC(OC(=O)C(O)C(O)CO)CCC4(C)C3CCC12C. The van der Waals surface area contributed by atoms with E-state index in [1.54, 1.807) is 0 Å². The summed E-state index contributed by atoms with van der Waals surface area (Å²) in [5.74, 6) is 3.24. The van der Waals surface area contributed by atoms with E-state index in [4.69, 9.17) is 9.84 Å². The molecule has 0 bridgehead atoms. The molecule has 0 aromatic heterocycles. The van der Waals surface area contributed by atoms with Gasteiger partial charge < -0.3 is 20.1 Å². The molecule has 0 aliphatic heterocycles. The first kappa shape index (κ1) is 30.6. The van der Waals surface area contributed by atoms with Gasteiger partial charge in [-0.15, -0.1) is 0 Å². The van der Waals surface area contributed by atoms with Crippen LogP contribution >= 0.6 is 0 Å². The molecule has 0 aromatic carbocycles. The number of esters is 1. The van der Waals surface area contributed by atoms with Crippen LogP contribution in [0.3, 0.4) is 0 Å². The van der Waals surface area contributed by atoms with Crippen molar-refractivity contribution in [3.63, 3.8) is 0 Å².